The van der Waals surface area contributed by atoms with Crippen LogP contribution in [0.25, 0.3) is 0 Å². The first-order valence-electron chi connectivity index (χ1n) is 6.35. The van der Waals surface area contributed by atoms with Crippen molar-refractivity contribution in [1.29, 1.82) is 0 Å². The lowest BCUT2D eigenvalue weighted by Gasteiger charge is -2.52. The van der Waals surface area contributed by atoms with Gasteiger partial charge in [-0.05, 0) is 12.5 Å². The largest absolute Gasteiger partial charge is 0.785 e. The van der Waals surface area contributed by atoms with Gasteiger partial charge in [0.25, 0.3) is 0 Å². The van der Waals surface area contributed by atoms with E-state index in [-0.39, 0.29) is 18.2 Å². The molecule has 0 saturated carbocycles. The Morgan fingerprint density at radius 1 is 1.33 bits per heavy atom. The molecule has 18 heavy (non-hydrogen) atoms. The van der Waals surface area contributed by atoms with E-state index in [1.807, 2.05) is 19.1 Å². The van der Waals surface area contributed by atoms with E-state index in [0.29, 0.717) is 19.1 Å². The zero-order valence-corrected chi connectivity index (χ0v) is 10.4. The molecule has 5 nitrogen and oxygen atoms in total. The third-order valence-corrected chi connectivity index (χ3v) is 3.58. The van der Waals surface area contributed by atoms with E-state index in [1.54, 1.807) is 6.20 Å². The van der Waals surface area contributed by atoms with E-state index >= 15 is 0 Å². The number of fused-ring (bicyclic) bond motifs is 2. The van der Waals surface area contributed by atoms with Crippen LogP contribution in [0.5, 0.6) is 5.88 Å². The molecular weight excluding hydrogens is 232 g/mol. The number of rotatable bonds is 2. The maximum absolute atomic E-state index is 11.8. The zero-order valence-electron chi connectivity index (χ0n) is 10.4. The molecule has 3 atom stereocenters. The molecule has 3 rings (SSSR count). The number of morpholine rings is 1. The average Bonchev–Trinajstić information content (AvgIpc) is 2.33. The van der Waals surface area contributed by atoms with Gasteiger partial charge in [-0.1, -0.05) is 6.07 Å². The number of piperidine rings is 1. The van der Waals surface area contributed by atoms with Gasteiger partial charge in [-0.25, -0.2) is 4.98 Å². The van der Waals surface area contributed by atoms with Crippen LogP contribution in [0.3, 0.4) is 0 Å². The van der Waals surface area contributed by atoms with Gasteiger partial charge in [-0.15, -0.1) is 0 Å². The van der Waals surface area contributed by atoms with Gasteiger partial charge < -0.3 is 19.7 Å². The van der Waals surface area contributed by atoms with E-state index < -0.39 is 0 Å². The van der Waals surface area contributed by atoms with E-state index in [9.17, 15) is 5.21 Å². The molecule has 0 amide bonds. The van der Waals surface area contributed by atoms with Crippen LogP contribution in [0.1, 0.15) is 18.4 Å². The molecule has 1 aromatic rings. The predicted octanol–water partition coefficient (Wildman–Crippen LogP) is 1.50. The fourth-order valence-electron chi connectivity index (χ4n) is 2.62. The highest BCUT2D eigenvalue weighted by molar-refractivity contribution is 5.16. The maximum atomic E-state index is 11.8. The van der Waals surface area contributed by atoms with Gasteiger partial charge in [-0.2, -0.15) is 0 Å². The van der Waals surface area contributed by atoms with Crippen LogP contribution in [0, 0.1) is 12.1 Å². The minimum absolute atomic E-state index is 0.0621. The average molecular weight is 249 g/mol. The van der Waals surface area contributed by atoms with Gasteiger partial charge >= 0.3 is 0 Å². The maximum Gasteiger partial charge on any atom is 0.213 e. The van der Waals surface area contributed by atoms with Gasteiger partial charge in [-0.3, -0.25) is 0 Å². The first-order chi connectivity index (χ1) is 8.72. The summed E-state index contributed by atoms with van der Waals surface area (Å²) >= 11 is 0. The second kappa shape index (κ2) is 4.84. The van der Waals surface area contributed by atoms with Crippen LogP contribution in [-0.4, -0.2) is 41.4 Å². The third kappa shape index (κ3) is 2.34. The lowest BCUT2D eigenvalue weighted by molar-refractivity contribution is -0.0785. The summed E-state index contributed by atoms with van der Waals surface area (Å²) in [7, 11) is 0. The molecule has 0 spiro atoms. The fourth-order valence-corrected chi connectivity index (χ4v) is 2.62. The monoisotopic (exact) mass is 249 g/mol. The Balaban J connectivity index is 1.66. The molecule has 3 heterocycles. The second-order valence-corrected chi connectivity index (χ2v) is 5.09. The third-order valence-electron chi connectivity index (χ3n) is 3.58. The minimum Gasteiger partial charge on any atom is -0.785 e. The summed E-state index contributed by atoms with van der Waals surface area (Å²) in [6, 6.07) is 3.74. The summed E-state index contributed by atoms with van der Waals surface area (Å²) < 4.78 is 11.3. The molecule has 2 saturated heterocycles. The van der Waals surface area contributed by atoms with E-state index in [2.05, 4.69) is 4.98 Å². The van der Waals surface area contributed by atoms with Gasteiger partial charge in [0.05, 0.1) is 13.2 Å². The van der Waals surface area contributed by atoms with Crippen molar-refractivity contribution in [3.63, 3.8) is 0 Å². The number of aromatic nitrogens is 1. The molecule has 1 unspecified atom stereocenters. The zero-order chi connectivity index (χ0) is 12.5. The highest BCUT2D eigenvalue weighted by atomic mass is 16.5. The molecule has 0 aliphatic carbocycles. The molecule has 2 aliphatic rings. The van der Waals surface area contributed by atoms with E-state index in [4.69, 9.17) is 9.47 Å². The summed E-state index contributed by atoms with van der Waals surface area (Å²) in [5, 5.41) is 13.0. The topological polar surface area (TPSA) is 57.7 Å². The first-order valence-corrected chi connectivity index (χ1v) is 6.35. The lowest BCUT2D eigenvalue weighted by atomic mass is 9.94. The van der Waals surface area contributed by atoms with Crippen LogP contribution < -0.4 is 4.74 Å². The molecule has 2 fully saturated rings. The van der Waals surface area contributed by atoms with Crippen molar-refractivity contribution >= 4 is 0 Å². The Morgan fingerprint density at radius 2 is 2.06 bits per heavy atom. The van der Waals surface area contributed by atoms with Crippen molar-refractivity contribution in [3.8, 4) is 5.88 Å². The first kappa shape index (κ1) is 11.9. The quantitative estimate of drug-likeness (QED) is 0.795. The molecule has 1 aromatic heterocycles. The Bertz CT molecular complexity index is 395. The Hall–Kier alpha value is -1.17. The van der Waals surface area contributed by atoms with Crippen molar-refractivity contribution in [1.82, 2.24) is 10.0 Å². The highest BCUT2D eigenvalue weighted by Crippen LogP contribution is 2.28. The Labute approximate surface area is 106 Å². The number of nitrogens with zero attached hydrogens (tertiary/aromatic N) is 2. The molecular formula is C13H17N2O3-. The minimum atomic E-state index is -0.0621. The van der Waals surface area contributed by atoms with Gasteiger partial charge in [0, 0.05) is 37.2 Å². The number of aryl methyl sites for hydroxylation is 1. The molecule has 0 N–H and O–H groups in total. The van der Waals surface area contributed by atoms with Gasteiger partial charge in [0.2, 0.25) is 5.88 Å². The van der Waals surface area contributed by atoms with Crippen molar-refractivity contribution in [2.45, 2.75) is 38.0 Å². The van der Waals surface area contributed by atoms with Crippen molar-refractivity contribution in [2.24, 2.45) is 0 Å². The normalized spacial score (nSPS) is 32.2. The van der Waals surface area contributed by atoms with Gasteiger partial charge in [0.1, 0.15) is 6.10 Å². The molecule has 98 valence electrons. The smallest absolute Gasteiger partial charge is 0.213 e. The van der Waals surface area contributed by atoms with Crippen LogP contribution in [0.4, 0.5) is 0 Å². The van der Waals surface area contributed by atoms with Gasteiger partial charge in [0.15, 0.2) is 0 Å². The molecule has 0 radical (unpaired) electrons. The molecule has 2 aliphatic heterocycles. The predicted molar refractivity (Wildman–Crippen MR) is 66.2 cm³/mol. The summed E-state index contributed by atoms with van der Waals surface area (Å²) in [4.78, 5) is 4.24. The van der Waals surface area contributed by atoms with Crippen molar-refractivity contribution < 1.29 is 9.47 Å². The van der Waals surface area contributed by atoms with Crippen LogP contribution >= 0.6 is 0 Å². The summed E-state index contributed by atoms with van der Waals surface area (Å²) in [5.41, 5.74) is 1.11. The number of hydroxylamine groups is 2. The SMILES string of the molecule is Cc1ccc(OC2C[C@H]3COC[C@@H](C2)N3[O-])nc1. The number of pyridine rings is 1. The fraction of sp³-hybridized carbons (Fsp3) is 0.615. The van der Waals surface area contributed by atoms with Crippen LogP contribution in [0.2, 0.25) is 0 Å². The lowest BCUT2D eigenvalue weighted by Crippen LogP contribution is -2.56. The second-order valence-electron chi connectivity index (χ2n) is 5.09. The van der Waals surface area contributed by atoms with Crippen LogP contribution in [0.15, 0.2) is 18.3 Å². The molecule has 0 aromatic carbocycles. The number of ether oxygens (including phenoxy) is 2. The summed E-state index contributed by atoms with van der Waals surface area (Å²) in [6.07, 6.45) is 3.30. The Morgan fingerprint density at radius 3 is 2.67 bits per heavy atom. The van der Waals surface area contributed by atoms with E-state index in [0.717, 1.165) is 18.4 Å². The van der Waals surface area contributed by atoms with Crippen molar-refractivity contribution in [2.75, 3.05) is 13.2 Å². The summed E-state index contributed by atoms with van der Waals surface area (Å²) in [6.45, 7) is 3.02. The molecule has 5 heteroatoms. The van der Waals surface area contributed by atoms with E-state index in [1.165, 1.54) is 5.06 Å². The molecule has 2 bridgehead atoms. The summed E-state index contributed by atoms with van der Waals surface area (Å²) in [5.74, 6) is 0.643. The van der Waals surface area contributed by atoms with Crippen molar-refractivity contribution in [3.05, 3.63) is 29.1 Å². The Kier molecular flexibility index (Phi) is 3.20. The number of hydrogen-bond donors (Lipinski definition) is 0. The highest BCUT2D eigenvalue weighted by Gasteiger charge is 2.35. The standard InChI is InChI=1S/C13H17N2O3/c1-9-2-3-13(14-6-9)18-12-4-10-7-17-8-11(5-12)15(10)16/h2-3,6,10-12H,4-5,7-8H2,1H3/q-1/t10-,11+,12?. The van der Waals surface area contributed by atoms with Crippen LogP contribution in [-0.2, 0) is 4.74 Å². The number of hydrogen-bond acceptors (Lipinski definition) is 5.